The Hall–Kier alpha value is -2.30. The van der Waals surface area contributed by atoms with Crippen LogP contribution in [0.3, 0.4) is 0 Å². The van der Waals surface area contributed by atoms with E-state index in [1.807, 2.05) is 6.92 Å². The Labute approximate surface area is 92.7 Å². The van der Waals surface area contributed by atoms with Gasteiger partial charge >= 0.3 is 0 Å². The van der Waals surface area contributed by atoms with E-state index in [9.17, 15) is 4.79 Å². The number of para-hydroxylation sites is 1. The molecule has 1 aromatic heterocycles. The summed E-state index contributed by atoms with van der Waals surface area (Å²) < 4.78 is 1.56. The van der Waals surface area contributed by atoms with Crippen LogP contribution in [0.15, 0.2) is 30.6 Å². The number of primary amides is 1. The number of benzene rings is 1. The van der Waals surface area contributed by atoms with Gasteiger partial charge in [-0.25, -0.2) is 4.68 Å². The van der Waals surface area contributed by atoms with Crippen LogP contribution in [0.5, 0.6) is 0 Å². The molecule has 5 heteroatoms. The van der Waals surface area contributed by atoms with Crippen LogP contribution in [-0.2, 0) is 0 Å². The third-order valence-corrected chi connectivity index (χ3v) is 2.27. The van der Waals surface area contributed by atoms with Crippen molar-refractivity contribution in [2.45, 2.75) is 6.92 Å². The number of hydrogen-bond donors (Lipinski definition) is 2. The van der Waals surface area contributed by atoms with Crippen LogP contribution < -0.4 is 11.5 Å². The molecule has 0 spiro atoms. The molecule has 0 saturated carbocycles. The van der Waals surface area contributed by atoms with Crippen molar-refractivity contribution in [1.82, 2.24) is 9.78 Å². The molecule has 1 amide bonds. The van der Waals surface area contributed by atoms with E-state index in [0.29, 0.717) is 16.9 Å². The normalized spacial score (nSPS) is 10.3. The smallest absolute Gasteiger partial charge is 0.250 e. The minimum Gasteiger partial charge on any atom is -0.397 e. The van der Waals surface area contributed by atoms with Gasteiger partial charge in [-0.2, -0.15) is 5.10 Å². The molecule has 0 unspecified atom stereocenters. The van der Waals surface area contributed by atoms with Crippen molar-refractivity contribution in [1.29, 1.82) is 0 Å². The first-order chi connectivity index (χ1) is 7.59. The number of aromatic nitrogens is 2. The predicted octanol–water partition coefficient (Wildman–Crippen LogP) is 0.862. The van der Waals surface area contributed by atoms with Gasteiger partial charge in [0.15, 0.2) is 0 Å². The largest absolute Gasteiger partial charge is 0.397 e. The van der Waals surface area contributed by atoms with Crippen molar-refractivity contribution in [3.63, 3.8) is 0 Å². The highest BCUT2D eigenvalue weighted by molar-refractivity contribution is 5.98. The van der Waals surface area contributed by atoms with E-state index in [2.05, 4.69) is 5.10 Å². The minimum absolute atomic E-state index is 0.364. The average Bonchev–Trinajstić information content (AvgIpc) is 2.64. The molecule has 82 valence electrons. The highest BCUT2D eigenvalue weighted by atomic mass is 16.1. The van der Waals surface area contributed by atoms with Gasteiger partial charge in [0.05, 0.1) is 17.4 Å². The minimum atomic E-state index is -0.518. The number of nitrogens with zero attached hydrogens (tertiary/aromatic N) is 2. The van der Waals surface area contributed by atoms with Gasteiger partial charge < -0.3 is 11.5 Å². The number of carbonyl (C=O) groups excluding carboxylic acids is 1. The van der Waals surface area contributed by atoms with Crippen LogP contribution in [0.1, 0.15) is 15.9 Å². The standard InChI is InChI=1S/C11H12N4O/c1-7-5-14-15(6-7)10-8(11(13)16)3-2-4-9(10)12/h2-6H,12H2,1H3,(H2,13,16). The Kier molecular flexibility index (Phi) is 2.36. The monoisotopic (exact) mass is 216 g/mol. The van der Waals surface area contributed by atoms with Gasteiger partial charge in [0.2, 0.25) is 0 Å². The number of nitrogen functional groups attached to an aromatic ring is 1. The van der Waals surface area contributed by atoms with E-state index in [1.54, 1.807) is 35.3 Å². The zero-order chi connectivity index (χ0) is 11.7. The lowest BCUT2D eigenvalue weighted by Gasteiger charge is -2.09. The Morgan fingerprint density at radius 2 is 2.19 bits per heavy atom. The Bertz CT molecular complexity index is 545. The summed E-state index contributed by atoms with van der Waals surface area (Å²) in [7, 11) is 0. The van der Waals surface area contributed by atoms with Crippen molar-refractivity contribution >= 4 is 11.6 Å². The van der Waals surface area contributed by atoms with Crippen LogP contribution in [0, 0.1) is 6.92 Å². The van der Waals surface area contributed by atoms with Gasteiger partial charge in [0.1, 0.15) is 5.69 Å². The summed E-state index contributed by atoms with van der Waals surface area (Å²) in [6.45, 7) is 1.91. The first kappa shape index (κ1) is 10.2. The van der Waals surface area contributed by atoms with Crippen LogP contribution in [0.25, 0.3) is 5.69 Å². The van der Waals surface area contributed by atoms with Crippen LogP contribution in [0.4, 0.5) is 5.69 Å². The van der Waals surface area contributed by atoms with Gasteiger partial charge in [-0.1, -0.05) is 6.07 Å². The summed E-state index contributed by atoms with van der Waals surface area (Å²) in [5, 5.41) is 4.12. The summed E-state index contributed by atoms with van der Waals surface area (Å²) in [6, 6.07) is 5.03. The predicted molar refractivity (Wildman–Crippen MR) is 61.2 cm³/mol. The van der Waals surface area contributed by atoms with Gasteiger partial charge in [0.25, 0.3) is 5.91 Å². The molecule has 0 atom stereocenters. The highest BCUT2D eigenvalue weighted by Crippen LogP contribution is 2.21. The number of anilines is 1. The Morgan fingerprint density at radius 1 is 1.44 bits per heavy atom. The van der Waals surface area contributed by atoms with Crippen molar-refractivity contribution in [3.8, 4) is 5.69 Å². The summed E-state index contributed by atoms with van der Waals surface area (Å²) in [5.41, 5.74) is 13.5. The van der Waals surface area contributed by atoms with E-state index in [1.165, 1.54) is 0 Å². The Balaban J connectivity index is 2.67. The number of amides is 1. The second-order valence-electron chi connectivity index (χ2n) is 3.57. The number of hydrogen-bond acceptors (Lipinski definition) is 3. The molecule has 2 aromatic rings. The van der Waals surface area contributed by atoms with E-state index >= 15 is 0 Å². The molecule has 1 aromatic carbocycles. The quantitative estimate of drug-likeness (QED) is 0.730. The summed E-state index contributed by atoms with van der Waals surface area (Å²) in [6.07, 6.45) is 3.48. The molecule has 0 saturated heterocycles. The van der Waals surface area contributed by atoms with E-state index in [0.717, 1.165) is 5.56 Å². The summed E-state index contributed by atoms with van der Waals surface area (Å²) >= 11 is 0. The zero-order valence-electron chi connectivity index (χ0n) is 8.84. The number of rotatable bonds is 2. The van der Waals surface area contributed by atoms with E-state index < -0.39 is 5.91 Å². The molecular weight excluding hydrogens is 204 g/mol. The Morgan fingerprint density at radius 3 is 2.75 bits per heavy atom. The second-order valence-corrected chi connectivity index (χ2v) is 3.57. The molecule has 4 N–H and O–H groups in total. The van der Waals surface area contributed by atoms with Crippen molar-refractivity contribution < 1.29 is 4.79 Å². The fraction of sp³-hybridized carbons (Fsp3) is 0.0909. The van der Waals surface area contributed by atoms with Crippen LogP contribution in [0.2, 0.25) is 0 Å². The van der Waals surface area contributed by atoms with Crippen molar-refractivity contribution in [3.05, 3.63) is 41.7 Å². The maximum absolute atomic E-state index is 11.3. The molecule has 0 aliphatic rings. The molecule has 0 aliphatic heterocycles. The lowest BCUT2D eigenvalue weighted by molar-refractivity contribution is 0.1000. The van der Waals surface area contributed by atoms with E-state index in [-0.39, 0.29) is 0 Å². The lowest BCUT2D eigenvalue weighted by atomic mass is 10.1. The molecule has 0 radical (unpaired) electrons. The maximum Gasteiger partial charge on any atom is 0.250 e. The molecule has 0 aliphatic carbocycles. The number of aryl methyl sites for hydroxylation is 1. The first-order valence-electron chi connectivity index (χ1n) is 4.79. The zero-order valence-corrected chi connectivity index (χ0v) is 8.84. The maximum atomic E-state index is 11.3. The average molecular weight is 216 g/mol. The highest BCUT2D eigenvalue weighted by Gasteiger charge is 2.13. The molecular formula is C11H12N4O. The first-order valence-corrected chi connectivity index (χ1v) is 4.79. The van der Waals surface area contributed by atoms with Gasteiger partial charge in [-0.3, -0.25) is 4.79 Å². The van der Waals surface area contributed by atoms with Gasteiger partial charge in [0, 0.05) is 6.20 Å². The van der Waals surface area contributed by atoms with Crippen molar-refractivity contribution in [2.24, 2.45) is 5.73 Å². The SMILES string of the molecule is Cc1cnn(-c2c(N)cccc2C(N)=O)c1. The second kappa shape index (κ2) is 3.69. The molecule has 16 heavy (non-hydrogen) atoms. The fourth-order valence-electron chi connectivity index (χ4n) is 1.55. The van der Waals surface area contributed by atoms with Crippen molar-refractivity contribution in [2.75, 3.05) is 5.73 Å². The van der Waals surface area contributed by atoms with Crippen LogP contribution >= 0.6 is 0 Å². The topological polar surface area (TPSA) is 86.9 Å². The van der Waals surface area contributed by atoms with Gasteiger partial charge in [-0.15, -0.1) is 0 Å². The lowest BCUT2D eigenvalue weighted by Crippen LogP contribution is -2.16. The molecule has 5 nitrogen and oxygen atoms in total. The molecule has 0 fully saturated rings. The molecule has 1 heterocycles. The fourth-order valence-corrected chi connectivity index (χ4v) is 1.55. The van der Waals surface area contributed by atoms with Crippen LogP contribution in [-0.4, -0.2) is 15.7 Å². The third-order valence-electron chi connectivity index (χ3n) is 2.27. The number of carbonyl (C=O) groups is 1. The third kappa shape index (κ3) is 1.63. The van der Waals surface area contributed by atoms with Gasteiger partial charge in [-0.05, 0) is 24.6 Å². The van der Waals surface area contributed by atoms with E-state index in [4.69, 9.17) is 11.5 Å². The summed E-state index contributed by atoms with van der Waals surface area (Å²) in [5.74, 6) is -0.518. The number of nitrogens with two attached hydrogens (primary N) is 2. The molecule has 0 bridgehead atoms. The summed E-state index contributed by atoms with van der Waals surface area (Å²) in [4.78, 5) is 11.3. The molecule has 2 rings (SSSR count).